The third-order valence-corrected chi connectivity index (χ3v) is 4.84. The zero-order valence-corrected chi connectivity index (χ0v) is 16.8. The number of nitriles is 2. The first-order valence-electron chi connectivity index (χ1n) is 9.47. The Hall–Kier alpha value is -4.63. The van der Waals surface area contributed by atoms with Crippen LogP contribution in [-0.4, -0.2) is 4.98 Å². The quantitative estimate of drug-likeness (QED) is 0.318. The lowest BCUT2D eigenvalue weighted by molar-refractivity contribution is 0.583. The number of halogens is 6. The fourth-order valence-electron chi connectivity index (χ4n) is 3.59. The summed E-state index contributed by atoms with van der Waals surface area (Å²) >= 11 is 0. The molecule has 0 radical (unpaired) electrons. The van der Waals surface area contributed by atoms with Gasteiger partial charge in [0.1, 0.15) is 47.0 Å². The molecule has 1 aromatic heterocycles. The van der Waals surface area contributed by atoms with E-state index in [-0.39, 0.29) is 33.6 Å². The van der Waals surface area contributed by atoms with Crippen LogP contribution < -0.4 is 0 Å². The first-order valence-corrected chi connectivity index (χ1v) is 9.47. The van der Waals surface area contributed by atoms with Gasteiger partial charge in [0.25, 0.3) is 0 Å². The Bertz CT molecular complexity index is 1400. The molecule has 0 saturated carbocycles. The molecular formula is C25H9F6N3. The maximum absolute atomic E-state index is 14.0. The minimum absolute atomic E-state index is 0.241. The van der Waals surface area contributed by atoms with Gasteiger partial charge in [0.15, 0.2) is 0 Å². The summed E-state index contributed by atoms with van der Waals surface area (Å²) in [7, 11) is 0. The van der Waals surface area contributed by atoms with Crippen molar-refractivity contribution >= 4 is 0 Å². The van der Waals surface area contributed by atoms with Gasteiger partial charge >= 0.3 is 0 Å². The van der Waals surface area contributed by atoms with Gasteiger partial charge < -0.3 is 0 Å². The Balaban J connectivity index is 2.21. The third kappa shape index (κ3) is 4.19. The van der Waals surface area contributed by atoms with E-state index >= 15 is 0 Å². The second-order valence-electron chi connectivity index (χ2n) is 7.13. The summed E-state index contributed by atoms with van der Waals surface area (Å²) in [6.45, 7) is 0. The van der Waals surface area contributed by atoms with E-state index in [0.717, 1.165) is 36.4 Å². The van der Waals surface area contributed by atoms with E-state index in [0.29, 0.717) is 18.2 Å². The molecule has 0 aliphatic carbocycles. The number of hydrogen-bond donors (Lipinski definition) is 0. The normalized spacial score (nSPS) is 10.6. The lowest BCUT2D eigenvalue weighted by atomic mass is 9.89. The molecule has 0 fully saturated rings. The van der Waals surface area contributed by atoms with E-state index in [2.05, 4.69) is 4.98 Å². The van der Waals surface area contributed by atoms with Crippen LogP contribution in [0.4, 0.5) is 26.3 Å². The van der Waals surface area contributed by atoms with Crippen molar-refractivity contribution in [2.45, 2.75) is 0 Å². The number of hydrogen-bond acceptors (Lipinski definition) is 3. The number of rotatable bonds is 3. The molecule has 0 N–H and O–H groups in total. The summed E-state index contributed by atoms with van der Waals surface area (Å²) in [5.74, 6) is -6.11. The van der Waals surface area contributed by atoms with E-state index in [1.54, 1.807) is 12.1 Å². The molecule has 0 amide bonds. The molecule has 34 heavy (non-hydrogen) atoms. The molecule has 0 saturated heterocycles. The number of aromatic nitrogens is 1. The monoisotopic (exact) mass is 465 g/mol. The molecule has 0 atom stereocenters. The van der Waals surface area contributed by atoms with Crippen LogP contribution in [0.3, 0.4) is 0 Å². The van der Waals surface area contributed by atoms with Gasteiger partial charge in [-0.05, 0) is 42.0 Å². The maximum Gasteiger partial charge on any atom is 0.126 e. The lowest BCUT2D eigenvalue weighted by Crippen LogP contribution is -2.03. The van der Waals surface area contributed by atoms with Gasteiger partial charge in [-0.15, -0.1) is 0 Å². The molecule has 3 nitrogen and oxygen atoms in total. The molecule has 0 aliphatic heterocycles. The van der Waals surface area contributed by atoms with Gasteiger partial charge in [0, 0.05) is 34.9 Å². The Labute approximate surface area is 188 Å². The van der Waals surface area contributed by atoms with Crippen LogP contribution >= 0.6 is 0 Å². The molecule has 0 bridgehead atoms. The topological polar surface area (TPSA) is 60.5 Å². The molecule has 1 heterocycles. The van der Waals surface area contributed by atoms with E-state index in [9.17, 15) is 36.9 Å². The minimum atomic E-state index is -1.03. The average Bonchev–Trinajstić information content (AvgIpc) is 2.75. The first-order chi connectivity index (χ1) is 16.2. The van der Waals surface area contributed by atoms with E-state index < -0.39 is 46.0 Å². The molecule has 0 aliphatic rings. The molecule has 3 aromatic carbocycles. The number of pyridine rings is 1. The first kappa shape index (κ1) is 22.6. The second-order valence-corrected chi connectivity index (χ2v) is 7.13. The van der Waals surface area contributed by atoms with Crippen LogP contribution in [0, 0.1) is 57.6 Å². The summed E-state index contributed by atoms with van der Waals surface area (Å²) in [5, 5.41) is 19.7. The maximum atomic E-state index is 14.0. The van der Waals surface area contributed by atoms with Gasteiger partial charge in [-0.1, -0.05) is 0 Å². The van der Waals surface area contributed by atoms with Crippen molar-refractivity contribution in [1.29, 1.82) is 10.5 Å². The molecule has 0 spiro atoms. The molecule has 4 rings (SSSR count). The second kappa shape index (κ2) is 8.72. The average molecular weight is 465 g/mol. The van der Waals surface area contributed by atoms with Crippen molar-refractivity contribution < 1.29 is 26.3 Å². The van der Waals surface area contributed by atoms with Gasteiger partial charge in [-0.25, -0.2) is 31.3 Å². The Morgan fingerprint density at radius 3 is 1.06 bits per heavy atom. The molecule has 0 unspecified atom stereocenters. The molecular weight excluding hydrogens is 456 g/mol. The van der Waals surface area contributed by atoms with Crippen LogP contribution in [0.25, 0.3) is 33.6 Å². The van der Waals surface area contributed by atoms with Crippen molar-refractivity contribution in [2.24, 2.45) is 0 Å². The predicted molar refractivity (Wildman–Crippen MR) is 110 cm³/mol. The SMILES string of the molecule is N#Cc1c(-c2cc(F)cc(F)c2)nc(-c2cc(F)cc(F)c2)c(C#N)c1-c1cc(F)cc(F)c1. The Morgan fingerprint density at radius 1 is 0.471 bits per heavy atom. The van der Waals surface area contributed by atoms with Gasteiger partial charge in [-0.2, -0.15) is 10.5 Å². The van der Waals surface area contributed by atoms with Crippen molar-refractivity contribution in [3.8, 4) is 45.8 Å². The molecule has 4 aromatic rings. The zero-order chi connectivity index (χ0) is 24.6. The summed E-state index contributed by atoms with van der Waals surface area (Å²) < 4.78 is 83.9. The predicted octanol–water partition coefficient (Wildman–Crippen LogP) is 6.66. The summed E-state index contributed by atoms with van der Waals surface area (Å²) in [6, 6.07) is 10.3. The van der Waals surface area contributed by atoms with Crippen LogP contribution in [0.1, 0.15) is 11.1 Å². The highest BCUT2D eigenvalue weighted by Gasteiger charge is 2.25. The van der Waals surface area contributed by atoms with Crippen LogP contribution in [-0.2, 0) is 0 Å². The van der Waals surface area contributed by atoms with Crippen molar-refractivity contribution in [1.82, 2.24) is 4.98 Å². The van der Waals surface area contributed by atoms with Gasteiger partial charge in [0.2, 0.25) is 0 Å². The van der Waals surface area contributed by atoms with Crippen molar-refractivity contribution in [2.75, 3.05) is 0 Å². The van der Waals surface area contributed by atoms with E-state index in [4.69, 9.17) is 0 Å². The highest BCUT2D eigenvalue weighted by molar-refractivity contribution is 5.89. The summed E-state index contributed by atoms with van der Waals surface area (Å²) in [5.41, 5.74) is -2.63. The Kier molecular flexibility index (Phi) is 5.79. The summed E-state index contributed by atoms with van der Waals surface area (Å²) in [6.07, 6.45) is 0. The largest absolute Gasteiger partial charge is 0.245 e. The smallest absolute Gasteiger partial charge is 0.126 e. The highest BCUT2D eigenvalue weighted by atomic mass is 19.2. The minimum Gasteiger partial charge on any atom is -0.245 e. The van der Waals surface area contributed by atoms with Crippen molar-refractivity contribution in [3.05, 3.63) is 101 Å². The molecule has 166 valence electrons. The van der Waals surface area contributed by atoms with Crippen molar-refractivity contribution in [3.63, 3.8) is 0 Å². The number of benzene rings is 3. The summed E-state index contributed by atoms with van der Waals surface area (Å²) in [4.78, 5) is 4.15. The standard InChI is InChI=1S/C25H9F6N3/c26-15-1-12(2-16(27)7-15)23-21(10-32)24(13-3-17(28)8-18(29)4-13)34-25(22(23)11-33)14-5-19(30)9-20(31)6-14/h1-9H. The van der Waals surface area contributed by atoms with E-state index in [1.165, 1.54) is 0 Å². The third-order valence-electron chi connectivity index (χ3n) is 4.84. The van der Waals surface area contributed by atoms with Gasteiger partial charge in [0.05, 0.1) is 22.5 Å². The highest BCUT2D eigenvalue weighted by Crippen LogP contribution is 2.39. The fraction of sp³-hybridized carbons (Fsp3) is 0. The van der Waals surface area contributed by atoms with E-state index in [1.807, 2.05) is 0 Å². The van der Waals surface area contributed by atoms with Crippen LogP contribution in [0.5, 0.6) is 0 Å². The van der Waals surface area contributed by atoms with Crippen LogP contribution in [0.2, 0.25) is 0 Å². The number of nitrogens with zero attached hydrogens (tertiary/aromatic N) is 3. The Morgan fingerprint density at radius 2 is 0.765 bits per heavy atom. The lowest BCUT2D eigenvalue weighted by Gasteiger charge is -2.16. The van der Waals surface area contributed by atoms with Crippen LogP contribution in [0.15, 0.2) is 54.6 Å². The van der Waals surface area contributed by atoms with Gasteiger partial charge in [-0.3, -0.25) is 0 Å². The fourth-order valence-corrected chi connectivity index (χ4v) is 3.59. The zero-order valence-electron chi connectivity index (χ0n) is 16.8. The molecule has 9 heteroatoms.